The van der Waals surface area contributed by atoms with Gasteiger partial charge in [-0.1, -0.05) is 49.4 Å². The van der Waals surface area contributed by atoms with Crippen LogP contribution >= 0.6 is 0 Å². The van der Waals surface area contributed by atoms with E-state index in [9.17, 15) is 9.59 Å². The molecule has 2 rings (SSSR count). The van der Waals surface area contributed by atoms with E-state index in [1.807, 2.05) is 51.1 Å². The molecule has 0 aliphatic carbocycles. The summed E-state index contributed by atoms with van der Waals surface area (Å²) in [4.78, 5) is 24.0. The van der Waals surface area contributed by atoms with E-state index >= 15 is 0 Å². The summed E-state index contributed by atoms with van der Waals surface area (Å²) in [5, 5.41) is 5.66. The number of rotatable bonds is 6. The van der Waals surface area contributed by atoms with Gasteiger partial charge in [0.05, 0.1) is 0 Å². The Morgan fingerprint density at radius 2 is 1.59 bits per heavy atom. The van der Waals surface area contributed by atoms with Gasteiger partial charge in [-0.15, -0.1) is 0 Å². The van der Waals surface area contributed by atoms with Crippen LogP contribution in [0.5, 0.6) is 0 Å². The number of nitrogens with one attached hydrogen (secondary N) is 2. The summed E-state index contributed by atoms with van der Waals surface area (Å²) in [6.07, 6.45) is -0.459. The summed E-state index contributed by atoms with van der Waals surface area (Å²) in [6, 6.07) is 17.3. The van der Waals surface area contributed by atoms with Crippen molar-refractivity contribution in [2.45, 2.75) is 45.8 Å². The summed E-state index contributed by atoms with van der Waals surface area (Å²) in [7, 11) is 0. The third-order valence-corrected chi connectivity index (χ3v) is 3.99. The molecule has 0 spiro atoms. The molecule has 0 heterocycles. The lowest BCUT2D eigenvalue weighted by atomic mass is 10.0. The Morgan fingerprint density at radius 3 is 2.19 bits per heavy atom. The van der Waals surface area contributed by atoms with Crippen molar-refractivity contribution in [1.82, 2.24) is 10.6 Å². The first-order chi connectivity index (χ1) is 12.7. The highest BCUT2D eigenvalue weighted by molar-refractivity contribution is 5.94. The standard InChI is InChI=1S/C22H28N2O3/c1-16(18-8-6-5-7-9-18)14-23-20(25)19-12-10-17(11-13-19)15-24-21(26)27-22(2,3)4/h5-13,16H,14-15H2,1-4H3,(H,23,25)(H,24,26)/t16-/m0/s1. The Morgan fingerprint density at radius 1 is 0.963 bits per heavy atom. The molecule has 2 aromatic carbocycles. The van der Waals surface area contributed by atoms with Crippen molar-refractivity contribution in [1.29, 1.82) is 0 Å². The number of carbonyl (C=O) groups is 2. The van der Waals surface area contributed by atoms with Gasteiger partial charge in [0.15, 0.2) is 0 Å². The van der Waals surface area contributed by atoms with Crippen LogP contribution in [0.4, 0.5) is 4.79 Å². The van der Waals surface area contributed by atoms with Crippen molar-refractivity contribution in [3.8, 4) is 0 Å². The molecule has 0 unspecified atom stereocenters. The zero-order valence-electron chi connectivity index (χ0n) is 16.4. The maximum atomic E-state index is 12.3. The van der Waals surface area contributed by atoms with Crippen LogP contribution in [-0.2, 0) is 11.3 Å². The maximum absolute atomic E-state index is 12.3. The Labute approximate surface area is 161 Å². The molecule has 144 valence electrons. The van der Waals surface area contributed by atoms with E-state index in [2.05, 4.69) is 29.7 Å². The minimum atomic E-state index is -0.525. The number of hydrogen-bond donors (Lipinski definition) is 2. The predicted octanol–water partition coefficient (Wildman–Crippen LogP) is 4.24. The molecule has 0 aliphatic heterocycles. The second-order valence-electron chi connectivity index (χ2n) is 7.57. The van der Waals surface area contributed by atoms with Gasteiger partial charge >= 0.3 is 6.09 Å². The average molecular weight is 368 g/mol. The molecular weight excluding hydrogens is 340 g/mol. The Hall–Kier alpha value is -2.82. The molecule has 0 saturated carbocycles. The zero-order valence-corrected chi connectivity index (χ0v) is 16.4. The first-order valence-electron chi connectivity index (χ1n) is 9.13. The minimum Gasteiger partial charge on any atom is -0.444 e. The van der Waals surface area contributed by atoms with Gasteiger partial charge in [0, 0.05) is 18.7 Å². The summed E-state index contributed by atoms with van der Waals surface area (Å²) >= 11 is 0. The Bertz CT molecular complexity index is 749. The van der Waals surface area contributed by atoms with Crippen molar-refractivity contribution in [2.24, 2.45) is 0 Å². The van der Waals surface area contributed by atoms with Crippen molar-refractivity contribution in [2.75, 3.05) is 6.54 Å². The fourth-order valence-corrected chi connectivity index (χ4v) is 2.51. The van der Waals surface area contributed by atoms with E-state index in [0.29, 0.717) is 18.7 Å². The quantitative estimate of drug-likeness (QED) is 0.801. The topological polar surface area (TPSA) is 67.4 Å². The molecule has 5 nitrogen and oxygen atoms in total. The van der Waals surface area contributed by atoms with Gasteiger partial charge in [-0.05, 0) is 49.9 Å². The highest BCUT2D eigenvalue weighted by atomic mass is 16.6. The van der Waals surface area contributed by atoms with Crippen molar-refractivity contribution in [3.63, 3.8) is 0 Å². The lowest BCUT2D eigenvalue weighted by Gasteiger charge is -2.19. The smallest absolute Gasteiger partial charge is 0.407 e. The van der Waals surface area contributed by atoms with Crippen molar-refractivity contribution in [3.05, 3.63) is 71.3 Å². The van der Waals surface area contributed by atoms with Crippen molar-refractivity contribution >= 4 is 12.0 Å². The minimum absolute atomic E-state index is 0.107. The number of amides is 2. The average Bonchev–Trinajstić information content (AvgIpc) is 2.64. The van der Waals surface area contributed by atoms with Crippen molar-refractivity contribution < 1.29 is 14.3 Å². The van der Waals surface area contributed by atoms with Crippen LogP contribution in [0.1, 0.15) is 55.1 Å². The molecule has 0 fully saturated rings. The van der Waals surface area contributed by atoms with Crippen LogP contribution < -0.4 is 10.6 Å². The second kappa shape index (κ2) is 9.21. The highest BCUT2D eigenvalue weighted by Crippen LogP contribution is 2.13. The molecule has 2 aromatic rings. The van der Waals surface area contributed by atoms with Crippen LogP contribution in [-0.4, -0.2) is 24.1 Å². The molecule has 2 N–H and O–H groups in total. The Kier molecular flexibility index (Phi) is 6.99. The number of carbonyl (C=O) groups excluding carboxylic acids is 2. The lowest BCUT2D eigenvalue weighted by molar-refractivity contribution is 0.0523. The third kappa shape index (κ3) is 7.13. The molecule has 0 aromatic heterocycles. The van der Waals surface area contributed by atoms with E-state index in [0.717, 1.165) is 5.56 Å². The van der Waals surface area contributed by atoms with Gasteiger partial charge in [-0.3, -0.25) is 4.79 Å². The number of hydrogen-bond acceptors (Lipinski definition) is 3. The summed E-state index contributed by atoms with van der Waals surface area (Å²) in [6.45, 7) is 8.46. The predicted molar refractivity (Wildman–Crippen MR) is 107 cm³/mol. The van der Waals surface area contributed by atoms with Gasteiger partial charge in [0.1, 0.15) is 5.60 Å². The van der Waals surface area contributed by atoms with E-state index in [1.54, 1.807) is 12.1 Å². The molecule has 27 heavy (non-hydrogen) atoms. The van der Waals surface area contributed by atoms with E-state index in [4.69, 9.17) is 4.74 Å². The molecule has 0 saturated heterocycles. The normalized spacial score (nSPS) is 12.1. The highest BCUT2D eigenvalue weighted by Gasteiger charge is 2.15. The SMILES string of the molecule is C[C@@H](CNC(=O)c1ccc(CNC(=O)OC(C)(C)C)cc1)c1ccccc1. The molecule has 2 amide bonds. The fourth-order valence-electron chi connectivity index (χ4n) is 2.51. The first kappa shape index (κ1) is 20.5. The largest absolute Gasteiger partial charge is 0.444 e. The molecule has 1 atom stereocenters. The van der Waals surface area contributed by atoms with Gasteiger partial charge in [0.25, 0.3) is 5.91 Å². The summed E-state index contributed by atoms with van der Waals surface area (Å²) < 4.78 is 5.20. The maximum Gasteiger partial charge on any atom is 0.407 e. The van der Waals surface area contributed by atoms with Gasteiger partial charge in [-0.25, -0.2) is 4.79 Å². The van der Waals surface area contributed by atoms with Crippen LogP contribution in [0.2, 0.25) is 0 Å². The first-order valence-corrected chi connectivity index (χ1v) is 9.13. The summed E-state index contributed by atoms with van der Waals surface area (Å²) in [5.41, 5.74) is 2.16. The zero-order chi connectivity index (χ0) is 19.9. The monoisotopic (exact) mass is 368 g/mol. The lowest BCUT2D eigenvalue weighted by Crippen LogP contribution is -2.32. The van der Waals surface area contributed by atoms with Crippen LogP contribution in [0, 0.1) is 0 Å². The van der Waals surface area contributed by atoms with Gasteiger partial charge in [-0.2, -0.15) is 0 Å². The Balaban J connectivity index is 1.82. The fraction of sp³-hybridized carbons (Fsp3) is 0.364. The molecule has 0 bridgehead atoms. The number of benzene rings is 2. The van der Waals surface area contributed by atoms with Gasteiger partial charge in [0.2, 0.25) is 0 Å². The van der Waals surface area contributed by atoms with E-state index in [1.165, 1.54) is 5.56 Å². The molecule has 0 aliphatic rings. The summed E-state index contributed by atoms with van der Waals surface area (Å²) in [5.74, 6) is 0.136. The van der Waals surface area contributed by atoms with Crippen LogP contribution in [0.3, 0.4) is 0 Å². The van der Waals surface area contributed by atoms with Gasteiger partial charge < -0.3 is 15.4 Å². The second-order valence-corrected chi connectivity index (χ2v) is 7.57. The number of alkyl carbamates (subject to hydrolysis) is 1. The number of ether oxygens (including phenoxy) is 1. The molecule has 0 radical (unpaired) electrons. The van der Waals surface area contributed by atoms with E-state index < -0.39 is 11.7 Å². The van der Waals surface area contributed by atoms with Crippen LogP contribution in [0.25, 0.3) is 0 Å². The van der Waals surface area contributed by atoms with E-state index in [-0.39, 0.29) is 11.8 Å². The van der Waals surface area contributed by atoms with Crippen LogP contribution in [0.15, 0.2) is 54.6 Å². The molecule has 5 heteroatoms. The third-order valence-electron chi connectivity index (χ3n) is 3.99. The molecular formula is C22H28N2O3.